The number of furan rings is 1. The Morgan fingerprint density at radius 1 is 1.15 bits per heavy atom. The number of carbonyl (C=O) groups is 1. The van der Waals surface area contributed by atoms with Crippen LogP contribution in [0.5, 0.6) is 0 Å². The van der Waals surface area contributed by atoms with E-state index in [2.05, 4.69) is 34.5 Å². The van der Waals surface area contributed by atoms with Crippen LogP contribution in [-0.4, -0.2) is 43.2 Å². The van der Waals surface area contributed by atoms with Crippen LogP contribution in [0.25, 0.3) is 11.0 Å². The fourth-order valence-electron chi connectivity index (χ4n) is 3.57. The number of aryl methyl sites for hydroxylation is 1. The topological polar surface area (TPSA) is 54.7 Å². The van der Waals surface area contributed by atoms with E-state index in [1.165, 1.54) is 5.56 Å². The number of nitrogens with one attached hydrogen (secondary N) is 1. The van der Waals surface area contributed by atoms with Crippen molar-refractivity contribution >= 4 is 16.9 Å². The van der Waals surface area contributed by atoms with Crippen LogP contribution in [0.15, 0.2) is 59.0 Å². The molecule has 1 N–H and O–H groups in total. The molecule has 2 heterocycles. The minimum Gasteiger partial charge on any atom is -0.451 e. The van der Waals surface area contributed by atoms with Crippen molar-refractivity contribution in [1.29, 1.82) is 0 Å². The molecule has 3 aromatic rings. The number of amides is 1. The fraction of sp³-hybridized carbons (Fsp3) is 0.318. The summed E-state index contributed by atoms with van der Waals surface area (Å²) in [5.74, 6) is 0.195. The molecular formula is C22H24N2O3. The molecule has 1 fully saturated rings. The second-order valence-corrected chi connectivity index (χ2v) is 6.98. The van der Waals surface area contributed by atoms with Crippen LogP contribution >= 0.6 is 0 Å². The van der Waals surface area contributed by atoms with E-state index in [9.17, 15) is 4.79 Å². The molecule has 27 heavy (non-hydrogen) atoms. The minimum absolute atomic E-state index is 0.0175. The molecule has 1 aliphatic heterocycles. The van der Waals surface area contributed by atoms with Crippen molar-refractivity contribution in [3.8, 4) is 0 Å². The molecule has 5 nitrogen and oxygen atoms in total. The SMILES string of the molecule is Cc1c(C(=O)NC[C@H]2CN(Cc3ccccc3)CCO2)oc2ccccc12. The lowest BCUT2D eigenvalue weighted by Gasteiger charge is -2.33. The minimum atomic E-state index is -0.188. The number of para-hydroxylation sites is 1. The van der Waals surface area contributed by atoms with Gasteiger partial charge in [-0.05, 0) is 18.6 Å². The Morgan fingerprint density at radius 3 is 2.74 bits per heavy atom. The van der Waals surface area contributed by atoms with E-state index in [1.807, 2.05) is 37.3 Å². The highest BCUT2D eigenvalue weighted by Gasteiger charge is 2.23. The normalized spacial score (nSPS) is 17.9. The number of carbonyl (C=O) groups excluding carboxylic acids is 1. The first-order chi connectivity index (χ1) is 13.2. The Morgan fingerprint density at radius 2 is 1.93 bits per heavy atom. The monoisotopic (exact) mass is 364 g/mol. The van der Waals surface area contributed by atoms with E-state index in [0.717, 1.165) is 36.2 Å². The van der Waals surface area contributed by atoms with Crippen molar-refractivity contribution in [2.45, 2.75) is 19.6 Å². The van der Waals surface area contributed by atoms with Gasteiger partial charge in [0.15, 0.2) is 5.76 Å². The van der Waals surface area contributed by atoms with Crippen LogP contribution in [0.1, 0.15) is 21.7 Å². The molecule has 0 aliphatic carbocycles. The first-order valence-corrected chi connectivity index (χ1v) is 9.35. The Bertz CT molecular complexity index is 920. The Hall–Kier alpha value is -2.63. The molecule has 4 rings (SSSR count). The lowest BCUT2D eigenvalue weighted by molar-refractivity contribution is -0.0293. The number of ether oxygens (including phenoxy) is 1. The number of fused-ring (bicyclic) bond motifs is 1. The predicted octanol–water partition coefficient (Wildman–Crippen LogP) is 3.37. The predicted molar refractivity (Wildman–Crippen MR) is 105 cm³/mol. The van der Waals surface area contributed by atoms with Crippen LogP contribution in [0.2, 0.25) is 0 Å². The van der Waals surface area contributed by atoms with Crippen molar-refractivity contribution in [3.05, 3.63) is 71.5 Å². The highest BCUT2D eigenvalue weighted by molar-refractivity contribution is 5.98. The second-order valence-electron chi connectivity index (χ2n) is 6.98. The molecule has 1 atom stereocenters. The zero-order valence-corrected chi connectivity index (χ0v) is 15.5. The van der Waals surface area contributed by atoms with Gasteiger partial charge in [0.25, 0.3) is 5.91 Å². The van der Waals surface area contributed by atoms with Crippen molar-refractivity contribution in [2.24, 2.45) is 0 Å². The van der Waals surface area contributed by atoms with E-state index in [-0.39, 0.29) is 12.0 Å². The van der Waals surface area contributed by atoms with E-state index in [4.69, 9.17) is 9.15 Å². The van der Waals surface area contributed by atoms with Crippen molar-refractivity contribution < 1.29 is 13.9 Å². The fourth-order valence-corrected chi connectivity index (χ4v) is 3.57. The quantitative estimate of drug-likeness (QED) is 0.754. The van der Waals surface area contributed by atoms with Gasteiger partial charge >= 0.3 is 0 Å². The molecule has 140 valence electrons. The largest absolute Gasteiger partial charge is 0.451 e. The first kappa shape index (κ1) is 17.8. The third kappa shape index (κ3) is 4.04. The Labute approximate surface area is 158 Å². The molecule has 1 amide bonds. The number of hydrogen-bond acceptors (Lipinski definition) is 4. The van der Waals surface area contributed by atoms with E-state index in [0.29, 0.717) is 18.9 Å². The third-order valence-corrected chi connectivity index (χ3v) is 5.01. The van der Waals surface area contributed by atoms with Gasteiger partial charge in [0.1, 0.15) is 5.58 Å². The maximum Gasteiger partial charge on any atom is 0.287 e. The van der Waals surface area contributed by atoms with Gasteiger partial charge in [0, 0.05) is 37.1 Å². The van der Waals surface area contributed by atoms with E-state index in [1.54, 1.807) is 0 Å². The van der Waals surface area contributed by atoms with Crippen molar-refractivity contribution in [1.82, 2.24) is 10.2 Å². The van der Waals surface area contributed by atoms with Gasteiger partial charge in [-0.3, -0.25) is 9.69 Å². The molecule has 0 bridgehead atoms. The average Bonchev–Trinajstić information content (AvgIpc) is 3.04. The Balaban J connectivity index is 1.35. The van der Waals surface area contributed by atoms with Crippen LogP contribution in [0.4, 0.5) is 0 Å². The van der Waals surface area contributed by atoms with Gasteiger partial charge in [0.05, 0.1) is 12.7 Å². The van der Waals surface area contributed by atoms with Gasteiger partial charge in [0.2, 0.25) is 0 Å². The van der Waals surface area contributed by atoms with Crippen LogP contribution in [0.3, 0.4) is 0 Å². The van der Waals surface area contributed by atoms with Gasteiger partial charge in [-0.1, -0.05) is 48.5 Å². The summed E-state index contributed by atoms with van der Waals surface area (Å²) in [7, 11) is 0. The summed E-state index contributed by atoms with van der Waals surface area (Å²) >= 11 is 0. The second kappa shape index (κ2) is 7.94. The summed E-state index contributed by atoms with van der Waals surface area (Å²) in [6.07, 6.45) is -0.0175. The smallest absolute Gasteiger partial charge is 0.287 e. The standard InChI is InChI=1S/C22H24N2O3/c1-16-19-9-5-6-10-20(19)27-21(16)22(25)23-13-18-15-24(11-12-26-18)14-17-7-3-2-4-8-17/h2-10,18H,11-15H2,1H3,(H,23,25)/t18-/m0/s1. The third-order valence-electron chi connectivity index (χ3n) is 5.01. The molecule has 0 spiro atoms. The summed E-state index contributed by atoms with van der Waals surface area (Å²) in [4.78, 5) is 14.9. The number of nitrogens with zero attached hydrogens (tertiary/aromatic N) is 1. The highest BCUT2D eigenvalue weighted by Crippen LogP contribution is 2.24. The molecule has 0 saturated carbocycles. The molecule has 5 heteroatoms. The van der Waals surface area contributed by atoms with Gasteiger partial charge in [-0.25, -0.2) is 0 Å². The lowest BCUT2D eigenvalue weighted by Crippen LogP contribution is -2.47. The average molecular weight is 364 g/mol. The maximum absolute atomic E-state index is 12.6. The van der Waals surface area contributed by atoms with E-state index >= 15 is 0 Å². The lowest BCUT2D eigenvalue weighted by atomic mass is 10.1. The molecule has 1 aromatic heterocycles. The van der Waals surface area contributed by atoms with Crippen LogP contribution in [-0.2, 0) is 11.3 Å². The van der Waals surface area contributed by atoms with Crippen LogP contribution in [0, 0.1) is 6.92 Å². The highest BCUT2D eigenvalue weighted by atomic mass is 16.5. The molecule has 2 aromatic carbocycles. The van der Waals surface area contributed by atoms with Crippen molar-refractivity contribution in [3.63, 3.8) is 0 Å². The number of hydrogen-bond donors (Lipinski definition) is 1. The number of rotatable bonds is 5. The first-order valence-electron chi connectivity index (χ1n) is 9.35. The summed E-state index contributed by atoms with van der Waals surface area (Å²) in [6, 6.07) is 18.1. The Kier molecular flexibility index (Phi) is 5.23. The molecular weight excluding hydrogens is 340 g/mol. The molecule has 1 saturated heterocycles. The van der Waals surface area contributed by atoms with E-state index < -0.39 is 0 Å². The zero-order valence-electron chi connectivity index (χ0n) is 15.5. The summed E-state index contributed by atoms with van der Waals surface area (Å²) in [5, 5.41) is 3.95. The summed E-state index contributed by atoms with van der Waals surface area (Å²) in [6.45, 7) is 5.67. The maximum atomic E-state index is 12.6. The molecule has 0 radical (unpaired) electrons. The van der Waals surface area contributed by atoms with Crippen LogP contribution < -0.4 is 5.32 Å². The summed E-state index contributed by atoms with van der Waals surface area (Å²) < 4.78 is 11.6. The molecule has 0 unspecified atom stereocenters. The molecule has 1 aliphatic rings. The number of morpholine rings is 1. The zero-order chi connectivity index (χ0) is 18.6. The van der Waals surface area contributed by atoms with Gasteiger partial charge in [-0.15, -0.1) is 0 Å². The van der Waals surface area contributed by atoms with Gasteiger partial charge in [-0.2, -0.15) is 0 Å². The van der Waals surface area contributed by atoms with Crippen molar-refractivity contribution in [2.75, 3.05) is 26.2 Å². The van der Waals surface area contributed by atoms with Gasteiger partial charge < -0.3 is 14.5 Å². The number of benzene rings is 2. The summed E-state index contributed by atoms with van der Waals surface area (Å²) in [5.41, 5.74) is 2.90.